The van der Waals surface area contributed by atoms with Gasteiger partial charge >= 0.3 is 0 Å². The number of hydrogen-bond donors (Lipinski definition) is 1. The van der Waals surface area contributed by atoms with E-state index in [1.54, 1.807) is 0 Å². The molecule has 0 aliphatic carbocycles. The maximum atomic E-state index is 13.3. The number of nitrogens with zero attached hydrogens (tertiary/aromatic N) is 2. The van der Waals surface area contributed by atoms with Crippen LogP contribution in [-0.4, -0.2) is 41.1 Å². The van der Waals surface area contributed by atoms with Gasteiger partial charge in [0, 0.05) is 55.6 Å². The van der Waals surface area contributed by atoms with Crippen LogP contribution < -0.4 is 10.1 Å². The van der Waals surface area contributed by atoms with E-state index in [4.69, 9.17) is 4.74 Å². The van der Waals surface area contributed by atoms with Gasteiger partial charge in [0.25, 0.3) is 0 Å². The van der Waals surface area contributed by atoms with Gasteiger partial charge in [-0.2, -0.15) is 0 Å². The molecular weight excluding hydrogens is 482 g/mol. The molecule has 1 aromatic heterocycles. The number of carbonyl (C=O) groups excluding carboxylic acids is 1. The van der Waals surface area contributed by atoms with Crippen molar-refractivity contribution in [3.8, 4) is 5.75 Å². The van der Waals surface area contributed by atoms with Crippen molar-refractivity contribution >= 4 is 16.8 Å². The molecule has 0 bridgehead atoms. The molecule has 204 valence electrons. The Morgan fingerprint density at radius 3 is 2.69 bits per heavy atom. The molecule has 4 aromatic rings. The van der Waals surface area contributed by atoms with E-state index in [-0.39, 0.29) is 11.8 Å². The number of likely N-dealkylation sites (tertiary alicyclic amines) is 1. The van der Waals surface area contributed by atoms with Gasteiger partial charge in [-0.1, -0.05) is 67.1 Å². The average Bonchev–Trinajstić information content (AvgIpc) is 3.30. The Morgan fingerprint density at radius 1 is 1.03 bits per heavy atom. The first-order valence-electron chi connectivity index (χ1n) is 14.4. The molecule has 1 N–H and O–H groups in total. The maximum Gasteiger partial charge on any atom is 0.220 e. The summed E-state index contributed by atoms with van der Waals surface area (Å²) >= 11 is 0. The van der Waals surface area contributed by atoms with E-state index in [9.17, 15) is 4.79 Å². The summed E-state index contributed by atoms with van der Waals surface area (Å²) in [6.07, 6.45) is 7.47. The van der Waals surface area contributed by atoms with Crippen LogP contribution in [0.5, 0.6) is 5.75 Å². The van der Waals surface area contributed by atoms with Crippen molar-refractivity contribution in [3.63, 3.8) is 0 Å². The predicted octanol–water partition coefficient (Wildman–Crippen LogP) is 6.66. The van der Waals surface area contributed by atoms with Crippen molar-refractivity contribution in [2.75, 3.05) is 19.6 Å². The van der Waals surface area contributed by atoms with Crippen LogP contribution in [0.1, 0.15) is 61.6 Å². The fourth-order valence-corrected chi connectivity index (χ4v) is 5.88. The molecule has 5 heteroatoms. The van der Waals surface area contributed by atoms with Crippen LogP contribution in [0.2, 0.25) is 0 Å². The maximum absolute atomic E-state index is 13.3. The molecule has 5 nitrogen and oxygen atoms in total. The van der Waals surface area contributed by atoms with Gasteiger partial charge in [-0.3, -0.25) is 4.79 Å². The van der Waals surface area contributed by atoms with E-state index in [1.807, 2.05) is 30.3 Å². The van der Waals surface area contributed by atoms with Gasteiger partial charge in [-0.25, -0.2) is 0 Å². The van der Waals surface area contributed by atoms with E-state index in [1.165, 1.54) is 42.3 Å². The summed E-state index contributed by atoms with van der Waals surface area (Å²) in [6.45, 7) is 5.78. The molecule has 3 aromatic carbocycles. The molecule has 0 spiro atoms. The zero-order valence-electron chi connectivity index (χ0n) is 23.3. The molecule has 1 aliphatic heterocycles. The lowest BCUT2D eigenvalue weighted by atomic mass is 9.88. The van der Waals surface area contributed by atoms with Crippen molar-refractivity contribution in [1.82, 2.24) is 14.8 Å². The average molecular weight is 524 g/mol. The van der Waals surface area contributed by atoms with E-state index in [0.29, 0.717) is 25.6 Å². The molecule has 39 heavy (non-hydrogen) atoms. The number of benzene rings is 3. The number of aromatic nitrogens is 1. The van der Waals surface area contributed by atoms with Crippen molar-refractivity contribution in [2.45, 2.75) is 57.6 Å². The number of carbonyl (C=O) groups is 1. The summed E-state index contributed by atoms with van der Waals surface area (Å²) in [5.74, 6) is 0.839. The summed E-state index contributed by atoms with van der Waals surface area (Å²) in [6, 6.07) is 27.5. The molecule has 1 fully saturated rings. The van der Waals surface area contributed by atoms with Gasteiger partial charge in [-0.15, -0.1) is 0 Å². The number of rotatable bonds is 11. The van der Waals surface area contributed by atoms with Crippen molar-refractivity contribution < 1.29 is 9.53 Å². The summed E-state index contributed by atoms with van der Waals surface area (Å²) in [4.78, 5) is 15.9. The fraction of sp³-hybridized carbons (Fsp3) is 0.382. The van der Waals surface area contributed by atoms with Crippen LogP contribution in [0.15, 0.2) is 85.1 Å². The Bertz CT molecular complexity index is 1360. The topological polar surface area (TPSA) is 46.5 Å². The van der Waals surface area contributed by atoms with Crippen molar-refractivity contribution in [2.24, 2.45) is 7.05 Å². The minimum atomic E-state index is -0.0708. The summed E-state index contributed by atoms with van der Waals surface area (Å²) in [5, 5.41) is 4.41. The lowest BCUT2D eigenvalue weighted by Gasteiger charge is -2.33. The van der Waals surface area contributed by atoms with Crippen LogP contribution in [-0.2, 0) is 18.4 Å². The van der Waals surface area contributed by atoms with Crippen molar-refractivity contribution in [3.05, 3.63) is 102 Å². The van der Waals surface area contributed by atoms with Gasteiger partial charge < -0.3 is 19.5 Å². The lowest BCUT2D eigenvalue weighted by Crippen LogP contribution is -2.39. The van der Waals surface area contributed by atoms with E-state index in [2.05, 4.69) is 83.5 Å². The molecule has 2 unspecified atom stereocenters. The fourth-order valence-electron chi connectivity index (χ4n) is 5.88. The molecule has 2 atom stereocenters. The molecule has 0 saturated carbocycles. The van der Waals surface area contributed by atoms with Crippen LogP contribution in [0.25, 0.3) is 10.9 Å². The van der Waals surface area contributed by atoms with Gasteiger partial charge in [-0.05, 0) is 67.6 Å². The number of nitrogens with one attached hydrogen (secondary N) is 1. The number of aryl methyl sites for hydroxylation is 1. The third kappa shape index (κ3) is 6.90. The highest BCUT2D eigenvalue weighted by atomic mass is 16.5. The second kappa shape index (κ2) is 13.0. The number of amides is 1. The number of fused-ring (bicyclic) bond motifs is 1. The summed E-state index contributed by atoms with van der Waals surface area (Å²) in [7, 11) is 2.07. The van der Waals surface area contributed by atoms with Gasteiger partial charge in [0.1, 0.15) is 12.4 Å². The lowest BCUT2D eigenvalue weighted by molar-refractivity contribution is -0.121. The largest absolute Gasteiger partial charge is 0.489 e. The Hall–Kier alpha value is -3.57. The standard InChI is InChI=1S/C34H41N3O2/c1-26-12-8-9-20-37(26)21-11-19-35-34(38)23-31(32-24-36(2)33-18-7-6-17-30(32)33)28-15-10-16-29(22-28)39-25-27-13-4-3-5-14-27/h3-7,10,13-18,22,24,26,31H,8-9,11-12,19-21,23,25H2,1-2H3,(H,35,38). The van der Waals surface area contributed by atoms with Crippen LogP contribution in [0.3, 0.4) is 0 Å². The minimum absolute atomic E-state index is 0.0708. The van der Waals surface area contributed by atoms with E-state index < -0.39 is 0 Å². The molecule has 0 radical (unpaired) electrons. The predicted molar refractivity (Wildman–Crippen MR) is 159 cm³/mol. The highest BCUT2D eigenvalue weighted by molar-refractivity contribution is 5.86. The van der Waals surface area contributed by atoms with Crippen LogP contribution in [0.4, 0.5) is 0 Å². The Balaban J connectivity index is 1.31. The monoisotopic (exact) mass is 523 g/mol. The normalized spacial score (nSPS) is 16.7. The second-order valence-electron chi connectivity index (χ2n) is 10.9. The highest BCUT2D eigenvalue weighted by Gasteiger charge is 2.23. The SMILES string of the molecule is CC1CCCCN1CCCNC(=O)CC(c1cccc(OCc2ccccc2)c1)c1cn(C)c2ccccc12. The Morgan fingerprint density at radius 2 is 1.85 bits per heavy atom. The smallest absolute Gasteiger partial charge is 0.220 e. The van der Waals surface area contributed by atoms with Crippen LogP contribution >= 0.6 is 0 Å². The molecular formula is C34H41N3O2. The summed E-state index contributed by atoms with van der Waals surface area (Å²) in [5.41, 5.74) is 4.57. The third-order valence-electron chi connectivity index (χ3n) is 8.09. The number of piperidine rings is 1. The first-order valence-corrected chi connectivity index (χ1v) is 14.4. The zero-order chi connectivity index (χ0) is 27.0. The minimum Gasteiger partial charge on any atom is -0.489 e. The molecule has 1 saturated heterocycles. The quantitative estimate of drug-likeness (QED) is 0.224. The molecule has 2 heterocycles. The second-order valence-corrected chi connectivity index (χ2v) is 10.9. The molecule has 5 rings (SSSR count). The Labute approximate surface area is 232 Å². The molecule has 1 aliphatic rings. The first-order chi connectivity index (χ1) is 19.1. The zero-order valence-corrected chi connectivity index (χ0v) is 23.3. The molecule has 1 amide bonds. The van der Waals surface area contributed by atoms with Crippen molar-refractivity contribution in [1.29, 1.82) is 0 Å². The Kier molecular flexibility index (Phi) is 9.00. The van der Waals surface area contributed by atoms with E-state index in [0.717, 1.165) is 29.8 Å². The van der Waals surface area contributed by atoms with Gasteiger partial charge in [0.2, 0.25) is 5.91 Å². The number of para-hydroxylation sites is 1. The first kappa shape index (κ1) is 27.0. The number of ether oxygens (including phenoxy) is 1. The summed E-state index contributed by atoms with van der Waals surface area (Å²) < 4.78 is 8.31. The van der Waals surface area contributed by atoms with Gasteiger partial charge in [0.05, 0.1) is 0 Å². The van der Waals surface area contributed by atoms with Gasteiger partial charge in [0.15, 0.2) is 0 Å². The third-order valence-corrected chi connectivity index (χ3v) is 8.09. The van der Waals surface area contributed by atoms with Crippen LogP contribution in [0, 0.1) is 0 Å². The number of hydrogen-bond acceptors (Lipinski definition) is 3. The van der Waals surface area contributed by atoms with E-state index >= 15 is 0 Å². The highest BCUT2D eigenvalue weighted by Crippen LogP contribution is 2.35.